The molecule has 42 heavy (non-hydrogen) atoms. The smallest absolute Gasteiger partial charge is 0.477 e. The minimum atomic E-state index is -1.17. The van der Waals surface area contributed by atoms with Crippen LogP contribution in [0.5, 0.6) is 0 Å². The second-order valence-corrected chi connectivity index (χ2v) is 10.4. The van der Waals surface area contributed by atoms with Crippen molar-refractivity contribution < 1.29 is 29.0 Å². The van der Waals surface area contributed by atoms with Gasteiger partial charge in [-0.15, -0.1) is 0 Å². The Morgan fingerprint density at radius 2 is 1.90 bits per heavy atom. The third-order valence-electron chi connectivity index (χ3n) is 7.94. The molecule has 9 nitrogen and oxygen atoms in total. The molecule has 0 saturated carbocycles. The highest BCUT2D eigenvalue weighted by atomic mass is 16.7. The summed E-state index contributed by atoms with van der Waals surface area (Å²) in [5.41, 5.74) is 2.41. The van der Waals surface area contributed by atoms with E-state index in [1.807, 2.05) is 48.5 Å². The van der Waals surface area contributed by atoms with Crippen LogP contribution in [0.3, 0.4) is 0 Å². The molecule has 2 aliphatic heterocycles. The Morgan fingerprint density at radius 1 is 1.12 bits per heavy atom. The fourth-order valence-electron chi connectivity index (χ4n) is 6.06. The Bertz CT molecular complexity index is 1770. The van der Waals surface area contributed by atoms with Gasteiger partial charge in [-0.2, -0.15) is 0 Å². The van der Waals surface area contributed by atoms with Gasteiger partial charge in [0.15, 0.2) is 0 Å². The molecule has 2 N–H and O–H groups in total. The number of β-lactam (4-membered cyclic amide) rings is 1. The highest BCUT2D eigenvalue weighted by molar-refractivity contribution is 6.11. The van der Waals surface area contributed by atoms with E-state index in [-0.39, 0.29) is 18.2 Å². The molecule has 0 spiro atoms. The molecule has 0 unspecified atom stereocenters. The van der Waals surface area contributed by atoms with Crippen LogP contribution in [0.2, 0.25) is 0 Å². The summed E-state index contributed by atoms with van der Waals surface area (Å²) in [6.45, 7) is 5.69. The number of aromatic nitrogens is 1. The van der Waals surface area contributed by atoms with Crippen molar-refractivity contribution in [3.63, 3.8) is 0 Å². The molecule has 1 saturated heterocycles. The van der Waals surface area contributed by atoms with Crippen molar-refractivity contribution in [3.05, 3.63) is 102 Å². The van der Waals surface area contributed by atoms with Crippen molar-refractivity contribution in [3.8, 4) is 0 Å². The summed E-state index contributed by atoms with van der Waals surface area (Å²) in [6, 6.07) is 21.5. The van der Waals surface area contributed by atoms with E-state index < -0.39 is 30.2 Å². The van der Waals surface area contributed by atoms with Crippen molar-refractivity contribution in [2.24, 2.45) is 5.92 Å². The molecule has 212 valence electrons. The molecule has 4 aromatic rings. The van der Waals surface area contributed by atoms with Crippen LogP contribution in [0.1, 0.15) is 24.5 Å². The number of pyridine rings is 1. The van der Waals surface area contributed by atoms with Crippen LogP contribution in [0, 0.1) is 5.92 Å². The number of carbonyl (C=O) groups excluding carboxylic acids is 2. The van der Waals surface area contributed by atoms with Gasteiger partial charge in [-0.3, -0.25) is 4.79 Å². The maximum Gasteiger partial charge on any atom is 0.508 e. The SMILES string of the molecule is C=CCOC(=O)O[C@H](C)[C@H]1C(=O)N2C(C(=O)O)=C(c3ccc4cc(CNc5ccccn5)c5ccccc5c4c3)C[C@H]12. The second-order valence-electron chi connectivity index (χ2n) is 10.4. The lowest BCUT2D eigenvalue weighted by Crippen LogP contribution is -2.62. The summed E-state index contributed by atoms with van der Waals surface area (Å²) >= 11 is 0. The minimum absolute atomic E-state index is 0.00648. The van der Waals surface area contributed by atoms with Crippen LogP contribution >= 0.6 is 0 Å². The van der Waals surface area contributed by atoms with E-state index in [2.05, 4.69) is 35.1 Å². The van der Waals surface area contributed by atoms with Crippen molar-refractivity contribution in [2.75, 3.05) is 11.9 Å². The zero-order chi connectivity index (χ0) is 29.4. The molecule has 2 aliphatic rings. The van der Waals surface area contributed by atoms with Gasteiger partial charge in [0.05, 0.1) is 12.0 Å². The van der Waals surface area contributed by atoms with Gasteiger partial charge < -0.3 is 24.8 Å². The minimum Gasteiger partial charge on any atom is -0.477 e. The highest BCUT2D eigenvalue weighted by Gasteiger charge is 2.58. The third-order valence-corrected chi connectivity index (χ3v) is 7.94. The topological polar surface area (TPSA) is 118 Å². The summed E-state index contributed by atoms with van der Waals surface area (Å²) in [6.07, 6.45) is 1.83. The molecule has 9 heteroatoms. The van der Waals surface area contributed by atoms with E-state index in [0.29, 0.717) is 18.5 Å². The number of benzene rings is 3. The highest BCUT2D eigenvalue weighted by Crippen LogP contribution is 2.48. The first-order valence-corrected chi connectivity index (χ1v) is 13.7. The number of carbonyl (C=O) groups is 3. The monoisotopic (exact) mass is 563 g/mol. The summed E-state index contributed by atoms with van der Waals surface area (Å²) in [4.78, 5) is 43.2. The summed E-state index contributed by atoms with van der Waals surface area (Å²) < 4.78 is 10.2. The Morgan fingerprint density at radius 3 is 2.64 bits per heavy atom. The Kier molecular flexibility index (Phi) is 7.08. The number of carboxylic acids is 1. The Balaban J connectivity index is 1.32. The van der Waals surface area contributed by atoms with Gasteiger partial charge in [0.1, 0.15) is 24.2 Å². The molecule has 1 amide bonds. The normalized spacial score (nSPS) is 18.4. The quantitative estimate of drug-likeness (QED) is 0.114. The predicted molar refractivity (Wildman–Crippen MR) is 158 cm³/mol. The standard InChI is InChI=1S/C33H29N3O6/c1-3-14-41-33(40)42-19(2)29-27-17-26(30(32(38)39)36(27)31(29)37)21-12-11-20-15-22(18-35-28-10-6-7-13-34-28)23-8-4-5-9-24(23)25(20)16-21/h3-13,15-16,19,27,29H,1,14,17-18H2,2H3,(H,34,35)(H,38,39)/t19-,27-,29-/m1/s1. The molecule has 0 bridgehead atoms. The predicted octanol–water partition coefficient (Wildman–Crippen LogP) is 5.75. The molecule has 3 heterocycles. The van der Waals surface area contributed by atoms with E-state index in [1.54, 1.807) is 13.1 Å². The molecule has 0 radical (unpaired) electrons. The zero-order valence-corrected chi connectivity index (χ0v) is 22.9. The van der Waals surface area contributed by atoms with Gasteiger partial charge in [0, 0.05) is 12.7 Å². The van der Waals surface area contributed by atoms with E-state index in [0.717, 1.165) is 38.5 Å². The molecule has 3 atom stereocenters. The van der Waals surface area contributed by atoms with Gasteiger partial charge in [-0.25, -0.2) is 14.6 Å². The maximum absolute atomic E-state index is 13.1. The van der Waals surface area contributed by atoms with Gasteiger partial charge in [0.2, 0.25) is 5.91 Å². The van der Waals surface area contributed by atoms with Crippen molar-refractivity contribution >= 4 is 51.0 Å². The summed E-state index contributed by atoms with van der Waals surface area (Å²) in [7, 11) is 0. The Labute approximate surface area is 242 Å². The molecule has 1 aromatic heterocycles. The van der Waals surface area contributed by atoms with Crippen LogP contribution in [0.4, 0.5) is 10.6 Å². The lowest BCUT2D eigenvalue weighted by Gasteiger charge is -2.45. The van der Waals surface area contributed by atoms with E-state index in [9.17, 15) is 19.5 Å². The number of aliphatic carboxylic acids is 1. The first-order valence-electron chi connectivity index (χ1n) is 13.7. The number of anilines is 1. The molecule has 6 rings (SSSR count). The van der Waals surface area contributed by atoms with Crippen molar-refractivity contribution in [2.45, 2.75) is 32.0 Å². The van der Waals surface area contributed by atoms with E-state index in [4.69, 9.17) is 9.47 Å². The Hall–Kier alpha value is -5.18. The number of ether oxygens (including phenoxy) is 2. The number of nitrogens with zero attached hydrogens (tertiary/aromatic N) is 2. The third kappa shape index (κ3) is 4.72. The summed E-state index contributed by atoms with van der Waals surface area (Å²) in [5.74, 6) is -1.42. The lowest BCUT2D eigenvalue weighted by molar-refractivity contribution is -0.162. The van der Waals surface area contributed by atoms with Crippen LogP contribution < -0.4 is 5.32 Å². The number of amides is 1. The first kappa shape index (κ1) is 27.0. The molecular formula is C33H29N3O6. The van der Waals surface area contributed by atoms with Crippen LogP contribution in [0.25, 0.3) is 27.1 Å². The number of carboxylic acid groups (broad SMARTS) is 1. The van der Waals surface area contributed by atoms with Crippen LogP contribution in [-0.4, -0.2) is 51.8 Å². The maximum atomic E-state index is 13.1. The molecule has 1 fully saturated rings. The molecule has 3 aromatic carbocycles. The van der Waals surface area contributed by atoms with Gasteiger partial charge in [0.25, 0.3) is 0 Å². The average Bonchev–Trinajstić information content (AvgIpc) is 3.34. The molecular weight excluding hydrogens is 534 g/mol. The van der Waals surface area contributed by atoms with Crippen LogP contribution in [-0.2, 0) is 25.6 Å². The van der Waals surface area contributed by atoms with Gasteiger partial charge >= 0.3 is 12.1 Å². The van der Waals surface area contributed by atoms with Crippen molar-refractivity contribution in [1.29, 1.82) is 0 Å². The van der Waals surface area contributed by atoms with Crippen molar-refractivity contribution in [1.82, 2.24) is 9.88 Å². The fraction of sp³-hybridized carbons (Fsp3) is 0.212. The van der Waals surface area contributed by atoms with E-state index in [1.165, 1.54) is 11.0 Å². The number of fused-ring (bicyclic) bond motifs is 4. The van der Waals surface area contributed by atoms with Gasteiger partial charge in [-0.05, 0) is 75.9 Å². The summed E-state index contributed by atoms with van der Waals surface area (Å²) in [5, 5.41) is 17.7. The fourth-order valence-corrected chi connectivity index (χ4v) is 6.06. The van der Waals surface area contributed by atoms with E-state index >= 15 is 0 Å². The first-order chi connectivity index (χ1) is 20.4. The number of hydrogen-bond donors (Lipinski definition) is 2. The second kappa shape index (κ2) is 11.0. The number of nitrogens with one attached hydrogen (secondary N) is 1. The average molecular weight is 564 g/mol. The number of rotatable bonds is 9. The lowest BCUT2D eigenvalue weighted by atomic mass is 9.82. The van der Waals surface area contributed by atoms with Crippen LogP contribution in [0.15, 0.2) is 91.3 Å². The largest absolute Gasteiger partial charge is 0.508 e. The number of hydrogen-bond acceptors (Lipinski definition) is 7. The van der Waals surface area contributed by atoms with Gasteiger partial charge in [-0.1, -0.05) is 55.1 Å². The zero-order valence-electron chi connectivity index (χ0n) is 22.9. The molecule has 0 aliphatic carbocycles.